The highest BCUT2D eigenvalue weighted by Gasteiger charge is 2.63. The number of fused-ring (bicyclic) bond motifs is 3. The summed E-state index contributed by atoms with van der Waals surface area (Å²) in [5.41, 5.74) is -4.43. The molecule has 2 aromatic carbocycles. The molecule has 0 aliphatic heterocycles. The fourth-order valence-electron chi connectivity index (χ4n) is 3.37. The topological polar surface area (TPSA) is 46.5 Å². The third kappa shape index (κ3) is 2.97. The van der Waals surface area contributed by atoms with Crippen molar-refractivity contribution in [1.82, 2.24) is 0 Å². The van der Waals surface area contributed by atoms with Gasteiger partial charge in [-0.15, -0.1) is 0 Å². The van der Waals surface area contributed by atoms with Crippen molar-refractivity contribution in [2.75, 3.05) is 6.61 Å². The molecule has 0 saturated carbocycles. The van der Waals surface area contributed by atoms with Gasteiger partial charge in [0.05, 0.1) is 6.61 Å². The minimum absolute atomic E-state index is 0.0445. The number of ether oxygens (including phenoxy) is 1. The summed E-state index contributed by atoms with van der Waals surface area (Å²) in [6.07, 6.45) is -3.98. The molecule has 3 nitrogen and oxygen atoms in total. The number of esters is 1. The first-order chi connectivity index (χ1) is 12.6. The molecule has 0 amide bonds. The summed E-state index contributed by atoms with van der Waals surface area (Å²) >= 11 is 0. The summed E-state index contributed by atoms with van der Waals surface area (Å²) in [5, 5.41) is 10.5. The van der Waals surface area contributed by atoms with E-state index in [0.29, 0.717) is 6.07 Å². The number of aliphatic hydroxyl groups is 1. The van der Waals surface area contributed by atoms with Crippen molar-refractivity contribution in [2.24, 2.45) is 0 Å². The Morgan fingerprint density at radius 1 is 1.19 bits per heavy atom. The largest absolute Gasteiger partial charge is 0.463 e. The van der Waals surface area contributed by atoms with Crippen molar-refractivity contribution in [3.63, 3.8) is 0 Å². The zero-order valence-corrected chi connectivity index (χ0v) is 14.2. The van der Waals surface area contributed by atoms with Gasteiger partial charge in [-0.25, -0.2) is 13.6 Å². The highest BCUT2D eigenvalue weighted by atomic mass is 19.4. The van der Waals surface area contributed by atoms with Gasteiger partial charge in [0.15, 0.2) is 0 Å². The zero-order chi connectivity index (χ0) is 20.0. The predicted octanol–water partition coefficient (Wildman–Crippen LogP) is 4.30. The molecule has 1 atom stereocenters. The number of allylic oxidation sites excluding steroid dienone is 1. The second-order valence-electron chi connectivity index (χ2n) is 6.16. The lowest BCUT2D eigenvalue weighted by molar-refractivity contribution is -0.242. The van der Waals surface area contributed by atoms with Gasteiger partial charge in [0, 0.05) is 17.0 Å². The van der Waals surface area contributed by atoms with Crippen molar-refractivity contribution in [3.05, 3.63) is 53.1 Å². The molecule has 0 radical (unpaired) electrons. The van der Waals surface area contributed by atoms with Crippen LogP contribution in [0.15, 0.2) is 30.3 Å². The first kappa shape index (κ1) is 19.3. The van der Waals surface area contributed by atoms with Crippen molar-refractivity contribution in [2.45, 2.75) is 31.5 Å². The van der Waals surface area contributed by atoms with E-state index >= 15 is 0 Å². The Morgan fingerprint density at radius 3 is 2.52 bits per heavy atom. The summed E-state index contributed by atoms with van der Waals surface area (Å²) in [5.74, 6) is -3.57. The quantitative estimate of drug-likeness (QED) is 0.632. The second kappa shape index (κ2) is 6.60. The number of aryl methyl sites for hydroxylation is 1. The minimum Gasteiger partial charge on any atom is -0.463 e. The van der Waals surface area contributed by atoms with Gasteiger partial charge in [-0.3, -0.25) is 0 Å². The molecule has 0 saturated heterocycles. The molecule has 0 aromatic heterocycles. The van der Waals surface area contributed by atoms with Crippen LogP contribution in [0.3, 0.4) is 0 Å². The molecule has 27 heavy (non-hydrogen) atoms. The summed E-state index contributed by atoms with van der Waals surface area (Å²) in [6, 6.07) is 4.10. The lowest BCUT2D eigenvalue weighted by Gasteiger charge is -2.33. The van der Waals surface area contributed by atoms with Gasteiger partial charge in [0.2, 0.25) is 0 Å². The maximum absolute atomic E-state index is 14.0. The predicted molar refractivity (Wildman–Crippen MR) is 87.8 cm³/mol. The Labute approximate surface area is 151 Å². The number of rotatable bonds is 3. The average molecular weight is 386 g/mol. The Balaban J connectivity index is 2.27. The Hall–Kier alpha value is -2.48. The highest BCUT2D eigenvalue weighted by molar-refractivity contribution is 6.01. The number of carbonyl (C=O) groups excluding carboxylic acids is 1. The first-order valence-electron chi connectivity index (χ1n) is 8.19. The van der Waals surface area contributed by atoms with E-state index in [4.69, 9.17) is 0 Å². The van der Waals surface area contributed by atoms with E-state index in [1.165, 1.54) is 19.1 Å². The van der Waals surface area contributed by atoms with Crippen molar-refractivity contribution < 1.29 is 36.6 Å². The number of hydrogen-bond acceptors (Lipinski definition) is 3. The average Bonchev–Trinajstić information content (AvgIpc) is 2.59. The van der Waals surface area contributed by atoms with Gasteiger partial charge in [0.25, 0.3) is 5.60 Å². The maximum Gasteiger partial charge on any atom is 0.432 e. The van der Waals surface area contributed by atoms with Gasteiger partial charge in [-0.05, 0) is 42.3 Å². The second-order valence-corrected chi connectivity index (χ2v) is 6.16. The molecule has 1 unspecified atom stereocenters. The van der Waals surface area contributed by atoms with E-state index in [1.807, 2.05) is 0 Å². The molecular formula is C19H15F5O3. The first-order valence-corrected chi connectivity index (χ1v) is 8.19. The number of benzene rings is 2. The molecule has 1 aliphatic rings. The minimum atomic E-state index is -5.35. The SMILES string of the molecule is CCOC(=O)C(O)(C1=CCCc2c1ccc1c(F)cc(F)cc21)C(F)(F)F. The normalized spacial score (nSPS) is 16.5. The lowest BCUT2D eigenvalue weighted by Crippen LogP contribution is -2.54. The fourth-order valence-corrected chi connectivity index (χ4v) is 3.37. The van der Waals surface area contributed by atoms with Crippen LogP contribution in [-0.4, -0.2) is 29.5 Å². The fraction of sp³-hybridized carbons (Fsp3) is 0.316. The molecule has 0 bridgehead atoms. The molecule has 0 heterocycles. The maximum atomic E-state index is 14.0. The van der Waals surface area contributed by atoms with Gasteiger partial charge < -0.3 is 9.84 Å². The van der Waals surface area contributed by atoms with E-state index < -0.39 is 35.0 Å². The number of carbonyl (C=O) groups is 1. The Bertz CT molecular complexity index is 948. The molecule has 3 rings (SSSR count). The Kier molecular flexibility index (Phi) is 4.71. The van der Waals surface area contributed by atoms with Crippen molar-refractivity contribution in [3.8, 4) is 0 Å². The molecule has 0 fully saturated rings. The highest BCUT2D eigenvalue weighted by Crippen LogP contribution is 2.46. The summed E-state index contributed by atoms with van der Waals surface area (Å²) in [7, 11) is 0. The molecule has 0 spiro atoms. The van der Waals surface area contributed by atoms with Gasteiger partial charge >= 0.3 is 12.1 Å². The number of alkyl halides is 3. The van der Waals surface area contributed by atoms with Crippen LogP contribution in [-0.2, 0) is 16.0 Å². The number of halogens is 5. The van der Waals surface area contributed by atoms with E-state index in [0.717, 1.165) is 12.1 Å². The van der Waals surface area contributed by atoms with Gasteiger partial charge in [-0.1, -0.05) is 18.2 Å². The van der Waals surface area contributed by atoms with Crippen LogP contribution in [0.5, 0.6) is 0 Å². The molecule has 1 N–H and O–H groups in total. The van der Waals surface area contributed by atoms with Crippen LogP contribution in [0.25, 0.3) is 16.3 Å². The van der Waals surface area contributed by atoms with Crippen molar-refractivity contribution >= 4 is 22.3 Å². The monoisotopic (exact) mass is 386 g/mol. The Morgan fingerprint density at radius 2 is 1.89 bits per heavy atom. The van der Waals surface area contributed by atoms with Gasteiger partial charge in [-0.2, -0.15) is 13.2 Å². The van der Waals surface area contributed by atoms with Crippen LogP contribution in [0.4, 0.5) is 22.0 Å². The standard InChI is InChI=1S/C19H15F5O3/c1-2-27-17(25)18(26,19(22,23)24)15-5-3-4-11-12(15)6-7-13-14(11)8-10(20)9-16(13)21/h5-9,26H,2-4H2,1H3. The summed E-state index contributed by atoms with van der Waals surface area (Å²) < 4.78 is 73.2. The zero-order valence-electron chi connectivity index (χ0n) is 14.2. The van der Waals surface area contributed by atoms with Crippen LogP contribution in [0.2, 0.25) is 0 Å². The third-order valence-corrected chi connectivity index (χ3v) is 4.57. The third-order valence-electron chi connectivity index (χ3n) is 4.57. The molecule has 144 valence electrons. The van der Waals surface area contributed by atoms with E-state index in [9.17, 15) is 31.9 Å². The number of hydrogen-bond donors (Lipinski definition) is 1. The molecule has 8 heteroatoms. The molecule has 2 aromatic rings. The van der Waals surface area contributed by atoms with E-state index in [2.05, 4.69) is 4.74 Å². The van der Waals surface area contributed by atoms with Crippen molar-refractivity contribution in [1.29, 1.82) is 0 Å². The smallest absolute Gasteiger partial charge is 0.432 e. The van der Waals surface area contributed by atoms with Crippen LogP contribution in [0, 0.1) is 11.6 Å². The molecular weight excluding hydrogens is 371 g/mol. The van der Waals surface area contributed by atoms with E-state index in [-0.39, 0.29) is 41.3 Å². The van der Waals surface area contributed by atoms with Crippen LogP contribution < -0.4 is 0 Å². The summed E-state index contributed by atoms with van der Waals surface area (Å²) in [4.78, 5) is 12.0. The van der Waals surface area contributed by atoms with Crippen LogP contribution >= 0.6 is 0 Å². The molecule has 1 aliphatic carbocycles. The van der Waals surface area contributed by atoms with E-state index in [1.54, 1.807) is 0 Å². The lowest BCUT2D eigenvalue weighted by atomic mass is 9.78. The van der Waals surface area contributed by atoms with Gasteiger partial charge in [0.1, 0.15) is 11.6 Å². The van der Waals surface area contributed by atoms with Crippen LogP contribution in [0.1, 0.15) is 24.5 Å². The summed E-state index contributed by atoms with van der Waals surface area (Å²) in [6.45, 7) is 0.961.